The average molecular weight is 500 g/mol. The molecule has 0 saturated carbocycles. The maximum absolute atomic E-state index is 13.8. The molecule has 3 aromatic carbocycles. The van der Waals surface area contributed by atoms with Crippen molar-refractivity contribution in [3.8, 4) is 21.9 Å². The Labute approximate surface area is 215 Å². The summed E-state index contributed by atoms with van der Waals surface area (Å²) in [5.41, 5.74) is 2.25. The maximum Gasteiger partial charge on any atom is 0.308 e. The zero-order valence-corrected chi connectivity index (χ0v) is 21.2. The van der Waals surface area contributed by atoms with Crippen LogP contribution in [0.25, 0.3) is 20.5 Å². The van der Waals surface area contributed by atoms with Gasteiger partial charge < -0.3 is 9.47 Å². The Morgan fingerprint density at radius 3 is 2.33 bits per heavy atom. The number of esters is 1. The molecule has 0 amide bonds. The molecular weight excluding hydrogens is 470 g/mol. The second-order valence-electron chi connectivity index (χ2n) is 9.03. The number of nitrogens with zero attached hydrogens (tertiary/aromatic N) is 1. The van der Waals surface area contributed by atoms with Crippen LogP contribution in [0.15, 0.2) is 72.8 Å². The molecule has 1 fully saturated rings. The number of carbonyl (C=O) groups is 2. The number of ether oxygens (including phenoxy) is 2. The molecule has 1 saturated heterocycles. The SMILES string of the molecule is CC(=O)Oc1ccc2c(C(=O)c3ccc(OCCN4CCCCC4)cc3)c(-c3ccccc3)sc2c1. The van der Waals surface area contributed by atoms with Crippen LogP contribution in [0, 0.1) is 0 Å². The van der Waals surface area contributed by atoms with Crippen LogP contribution in [-0.2, 0) is 4.79 Å². The number of ketones is 1. The van der Waals surface area contributed by atoms with Gasteiger partial charge in [0.15, 0.2) is 5.78 Å². The monoisotopic (exact) mass is 499 g/mol. The normalized spacial score (nSPS) is 14.0. The molecule has 0 spiro atoms. The van der Waals surface area contributed by atoms with Crippen molar-refractivity contribution in [2.45, 2.75) is 26.2 Å². The van der Waals surface area contributed by atoms with Gasteiger partial charge >= 0.3 is 5.97 Å². The van der Waals surface area contributed by atoms with Gasteiger partial charge in [-0.3, -0.25) is 14.5 Å². The van der Waals surface area contributed by atoms with Crippen LogP contribution in [0.5, 0.6) is 11.5 Å². The van der Waals surface area contributed by atoms with E-state index >= 15 is 0 Å². The number of piperidine rings is 1. The van der Waals surface area contributed by atoms with Crippen molar-refractivity contribution in [2.75, 3.05) is 26.2 Å². The zero-order chi connectivity index (χ0) is 24.9. The smallest absolute Gasteiger partial charge is 0.308 e. The van der Waals surface area contributed by atoms with Gasteiger partial charge in [-0.15, -0.1) is 11.3 Å². The van der Waals surface area contributed by atoms with Crippen LogP contribution in [0.3, 0.4) is 0 Å². The van der Waals surface area contributed by atoms with Gasteiger partial charge in [-0.2, -0.15) is 0 Å². The molecule has 36 heavy (non-hydrogen) atoms. The Balaban J connectivity index is 1.40. The number of hydrogen-bond donors (Lipinski definition) is 0. The maximum atomic E-state index is 13.8. The Morgan fingerprint density at radius 1 is 0.889 bits per heavy atom. The van der Waals surface area contributed by atoms with Crippen LogP contribution in [0.1, 0.15) is 42.1 Å². The third kappa shape index (κ3) is 5.50. The Morgan fingerprint density at radius 2 is 1.61 bits per heavy atom. The number of rotatable bonds is 8. The first-order chi connectivity index (χ1) is 17.6. The molecule has 2 heterocycles. The first kappa shape index (κ1) is 24.2. The van der Waals surface area contributed by atoms with Gasteiger partial charge in [-0.1, -0.05) is 36.8 Å². The molecule has 4 aromatic rings. The van der Waals surface area contributed by atoms with Crippen LogP contribution in [-0.4, -0.2) is 42.9 Å². The summed E-state index contributed by atoms with van der Waals surface area (Å²) in [4.78, 5) is 28.6. The number of thiophene rings is 1. The zero-order valence-electron chi connectivity index (χ0n) is 20.4. The number of likely N-dealkylation sites (tertiary alicyclic amines) is 1. The van der Waals surface area contributed by atoms with Gasteiger partial charge in [-0.25, -0.2) is 0 Å². The molecule has 5 nitrogen and oxygen atoms in total. The molecule has 184 valence electrons. The second-order valence-corrected chi connectivity index (χ2v) is 10.1. The molecule has 6 heteroatoms. The first-order valence-corrected chi connectivity index (χ1v) is 13.2. The molecule has 1 aliphatic rings. The molecule has 0 aliphatic carbocycles. The predicted molar refractivity (Wildman–Crippen MR) is 144 cm³/mol. The summed E-state index contributed by atoms with van der Waals surface area (Å²) in [7, 11) is 0. The fraction of sp³-hybridized carbons (Fsp3) is 0.267. The number of hydrogen-bond acceptors (Lipinski definition) is 6. The Kier molecular flexibility index (Phi) is 7.44. The molecular formula is C30H29NO4S. The summed E-state index contributed by atoms with van der Waals surface area (Å²) in [6.45, 7) is 5.25. The molecule has 0 unspecified atom stereocenters. The summed E-state index contributed by atoms with van der Waals surface area (Å²) in [6, 6.07) is 22.8. The summed E-state index contributed by atoms with van der Waals surface area (Å²) < 4.78 is 12.1. The van der Waals surface area contributed by atoms with E-state index in [4.69, 9.17) is 9.47 Å². The van der Waals surface area contributed by atoms with Crippen molar-refractivity contribution in [1.82, 2.24) is 4.90 Å². The first-order valence-electron chi connectivity index (χ1n) is 12.4. The van der Waals surface area contributed by atoms with Crippen LogP contribution < -0.4 is 9.47 Å². The van der Waals surface area contributed by atoms with E-state index in [1.807, 2.05) is 66.7 Å². The lowest BCUT2D eigenvalue weighted by atomic mass is 9.97. The Hall–Kier alpha value is -3.48. The van der Waals surface area contributed by atoms with E-state index in [-0.39, 0.29) is 11.8 Å². The van der Waals surface area contributed by atoms with E-state index in [0.717, 1.165) is 45.9 Å². The van der Waals surface area contributed by atoms with Crippen LogP contribution >= 0.6 is 11.3 Å². The van der Waals surface area contributed by atoms with Crippen molar-refractivity contribution in [3.63, 3.8) is 0 Å². The van der Waals surface area contributed by atoms with Gasteiger partial charge in [0.25, 0.3) is 0 Å². The highest BCUT2D eigenvalue weighted by atomic mass is 32.1. The fourth-order valence-corrected chi connectivity index (χ4v) is 5.88. The quantitative estimate of drug-likeness (QED) is 0.156. The molecule has 0 atom stereocenters. The van der Waals surface area contributed by atoms with Crippen molar-refractivity contribution in [2.24, 2.45) is 0 Å². The molecule has 0 radical (unpaired) electrons. The summed E-state index contributed by atoms with van der Waals surface area (Å²) in [5.74, 6) is 0.831. The second kappa shape index (κ2) is 11.1. The minimum absolute atomic E-state index is 0.0415. The van der Waals surface area contributed by atoms with Crippen molar-refractivity contribution < 1.29 is 19.1 Å². The molecule has 0 bridgehead atoms. The van der Waals surface area contributed by atoms with Crippen molar-refractivity contribution >= 4 is 33.2 Å². The molecule has 0 N–H and O–H groups in total. The lowest BCUT2D eigenvalue weighted by Gasteiger charge is -2.26. The fourth-order valence-electron chi connectivity index (χ4n) is 4.65. The highest BCUT2D eigenvalue weighted by Crippen LogP contribution is 2.41. The van der Waals surface area contributed by atoms with Crippen molar-refractivity contribution in [3.05, 3.63) is 83.9 Å². The van der Waals surface area contributed by atoms with Crippen molar-refractivity contribution in [1.29, 1.82) is 0 Å². The Bertz CT molecular complexity index is 1360. The third-order valence-corrected chi connectivity index (χ3v) is 7.63. The highest BCUT2D eigenvalue weighted by molar-refractivity contribution is 7.22. The van der Waals surface area contributed by atoms with Gasteiger partial charge in [0.1, 0.15) is 18.1 Å². The van der Waals surface area contributed by atoms with E-state index in [1.165, 1.54) is 37.5 Å². The van der Waals surface area contributed by atoms with Gasteiger partial charge in [0.05, 0.1) is 0 Å². The molecule has 5 rings (SSSR count). The summed E-state index contributed by atoms with van der Waals surface area (Å²) >= 11 is 1.53. The van der Waals surface area contributed by atoms with E-state index in [2.05, 4.69) is 4.90 Å². The van der Waals surface area contributed by atoms with Crippen LogP contribution in [0.4, 0.5) is 0 Å². The predicted octanol–water partition coefficient (Wildman–Crippen LogP) is 6.59. The molecule has 1 aromatic heterocycles. The van der Waals surface area contributed by atoms with Gasteiger partial charge in [-0.05, 0) is 74.0 Å². The van der Waals surface area contributed by atoms with Gasteiger partial charge in [0, 0.05) is 39.6 Å². The number of fused-ring (bicyclic) bond motifs is 1. The topological polar surface area (TPSA) is 55.8 Å². The minimum Gasteiger partial charge on any atom is -0.492 e. The van der Waals surface area contributed by atoms with Gasteiger partial charge in [0.2, 0.25) is 0 Å². The highest BCUT2D eigenvalue weighted by Gasteiger charge is 2.22. The molecule has 1 aliphatic heterocycles. The van der Waals surface area contributed by atoms with E-state index in [0.29, 0.717) is 23.5 Å². The van der Waals surface area contributed by atoms with E-state index in [9.17, 15) is 9.59 Å². The summed E-state index contributed by atoms with van der Waals surface area (Å²) in [5, 5.41) is 0.849. The summed E-state index contributed by atoms with van der Waals surface area (Å²) in [6.07, 6.45) is 3.86. The lowest BCUT2D eigenvalue weighted by Crippen LogP contribution is -2.33. The minimum atomic E-state index is -0.372. The van der Waals surface area contributed by atoms with E-state index in [1.54, 1.807) is 6.07 Å². The average Bonchev–Trinajstić information content (AvgIpc) is 3.28. The standard InChI is InChI=1S/C30H29NO4S/c1-21(32)35-25-14-15-26-27(20-25)36-30(23-8-4-2-5-9-23)28(26)29(33)22-10-12-24(13-11-22)34-19-18-31-16-6-3-7-17-31/h2,4-5,8-15,20H,3,6-7,16-19H2,1H3. The lowest BCUT2D eigenvalue weighted by molar-refractivity contribution is -0.131. The third-order valence-electron chi connectivity index (χ3n) is 6.43. The largest absolute Gasteiger partial charge is 0.492 e. The number of carbonyl (C=O) groups excluding carboxylic acids is 2. The van der Waals surface area contributed by atoms with Crippen LogP contribution in [0.2, 0.25) is 0 Å². The number of benzene rings is 3. The van der Waals surface area contributed by atoms with E-state index < -0.39 is 0 Å².